The van der Waals surface area contributed by atoms with Gasteiger partial charge in [-0.1, -0.05) is 6.07 Å². The maximum absolute atomic E-state index is 12.4. The molecular formula is C22H19N5O4S. The number of benzene rings is 2. The summed E-state index contributed by atoms with van der Waals surface area (Å²) < 4.78 is 7.37. The number of non-ortho nitro benzene ring substituents is 1. The van der Waals surface area contributed by atoms with Crippen LogP contribution in [0.4, 0.5) is 11.4 Å². The van der Waals surface area contributed by atoms with E-state index in [1.54, 1.807) is 28.2 Å². The molecule has 0 bridgehead atoms. The number of rotatable bonds is 7. The second-order valence-electron chi connectivity index (χ2n) is 7.08. The van der Waals surface area contributed by atoms with Gasteiger partial charge in [-0.3, -0.25) is 14.9 Å². The number of anilines is 1. The first kappa shape index (κ1) is 21.2. The van der Waals surface area contributed by atoms with E-state index in [2.05, 4.69) is 15.4 Å². The average Bonchev–Trinajstić information content (AvgIpc) is 3.44. The van der Waals surface area contributed by atoms with Crippen LogP contribution in [-0.4, -0.2) is 31.7 Å². The summed E-state index contributed by atoms with van der Waals surface area (Å²) in [5, 5.41) is 20.0. The lowest BCUT2D eigenvalue weighted by molar-refractivity contribution is -0.384. The van der Waals surface area contributed by atoms with Crippen molar-refractivity contribution in [2.75, 3.05) is 5.32 Å². The first-order chi connectivity index (χ1) is 15.4. The molecule has 0 radical (unpaired) electrons. The van der Waals surface area contributed by atoms with Gasteiger partial charge in [-0.15, -0.1) is 16.4 Å². The van der Waals surface area contributed by atoms with E-state index in [1.807, 2.05) is 43.5 Å². The number of nitro benzene ring substituents is 1. The molecule has 162 valence electrons. The van der Waals surface area contributed by atoms with E-state index in [1.165, 1.54) is 24.3 Å². The lowest BCUT2D eigenvalue weighted by Crippen LogP contribution is -2.12. The van der Waals surface area contributed by atoms with E-state index in [-0.39, 0.29) is 17.7 Å². The van der Waals surface area contributed by atoms with Crippen LogP contribution in [0.1, 0.15) is 24.2 Å². The van der Waals surface area contributed by atoms with Gasteiger partial charge in [0.2, 0.25) is 0 Å². The van der Waals surface area contributed by atoms with Gasteiger partial charge in [-0.05, 0) is 61.7 Å². The molecule has 0 unspecified atom stereocenters. The molecule has 0 saturated heterocycles. The Bertz CT molecular complexity index is 1230. The zero-order valence-corrected chi connectivity index (χ0v) is 18.1. The number of nitrogens with zero attached hydrogens (tertiary/aromatic N) is 4. The van der Waals surface area contributed by atoms with Gasteiger partial charge in [0.15, 0.2) is 5.82 Å². The van der Waals surface area contributed by atoms with Crippen molar-refractivity contribution in [1.82, 2.24) is 14.8 Å². The molecule has 0 saturated carbocycles. The third-order valence-electron chi connectivity index (χ3n) is 4.38. The number of nitrogens with one attached hydrogen (secondary N) is 1. The molecule has 0 fully saturated rings. The molecule has 2 aromatic heterocycles. The third-order valence-corrected chi connectivity index (χ3v) is 5.25. The van der Waals surface area contributed by atoms with E-state index < -0.39 is 4.92 Å². The molecule has 4 rings (SSSR count). The highest BCUT2D eigenvalue weighted by atomic mass is 32.1. The maximum Gasteiger partial charge on any atom is 0.336 e. The minimum absolute atomic E-state index is 0.0564. The van der Waals surface area contributed by atoms with Crippen LogP contribution in [0.5, 0.6) is 6.01 Å². The monoisotopic (exact) mass is 449 g/mol. The summed E-state index contributed by atoms with van der Waals surface area (Å²) >= 11 is 1.55. The first-order valence-electron chi connectivity index (χ1n) is 9.74. The minimum Gasteiger partial charge on any atom is -0.460 e. The van der Waals surface area contributed by atoms with Crippen LogP contribution < -0.4 is 10.1 Å². The van der Waals surface area contributed by atoms with Crippen molar-refractivity contribution in [2.24, 2.45) is 0 Å². The summed E-state index contributed by atoms with van der Waals surface area (Å²) in [5.74, 6) is 0.304. The Labute approximate surface area is 187 Å². The van der Waals surface area contributed by atoms with Gasteiger partial charge in [0, 0.05) is 23.4 Å². The molecule has 0 spiro atoms. The number of ether oxygens (including phenoxy) is 1. The Balaban J connectivity index is 1.55. The van der Waals surface area contributed by atoms with Gasteiger partial charge < -0.3 is 10.1 Å². The molecule has 10 heteroatoms. The molecule has 0 aliphatic rings. The van der Waals surface area contributed by atoms with Crippen molar-refractivity contribution in [2.45, 2.75) is 20.0 Å². The summed E-state index contributed by atoms with van der Waals surface area (Å²) in [6, 6.07) is 16.8. The molecule has 2 aromatic carbocycles. The highest BCUT2D eigenvalue weighted by Gasteiger charge is 2.17. The first-order valence-corrected chi connectivity index (χ1v) is 10.6. The normalized spacial score (nSPS) is 10.8. The second-order valence-corrected chi connectivity index (χ2v) is 8.03. The number of thiophene rings is 1. The number of carbonyl (C=O) groups excluding carboxylic acids is 1. The largest absolute Gasteiger partial charge is 0.460 e. The fraction of sp³-hybridized carbons (Fsp3) is 0.136. The predicted octanol–water partition coefficient (Wildman–Crippen LogP) is 4.94. The van der Waals surface area contributed by atoms with Crippen LogP contribution in [0.25, 0.3) is 16.4 Å². The van der Waals surface area contributed by atoms with Crippen molar-refractivity contribution in [3.63, 3.8) is 0 Å². The molecule has 2 heterocycles. The van der Waals surface area contributed by atoms with E-state index in [0.717, 1.165) is 10.6 Å². The zero-order chi connectivity index (χ0) is 22.7. The fourth-order valence-electron chi connectivity index (χ4n) is 2.92. The van der Waals surface area contributed by atoms with Crippen molar-refractivity contribution >= 4 is 28.6 Å². The lowest BCUT2D eigenvalue weighted by atomic mass is 10.2. The number of amides is 1. The van der Waals surface area contributed by atoms with Crippen LogP contribution in [0.3, 0.4) is 0 Å². The average molecular weight is 449 g/mol. The van der Waals surface area contributed by atoms with Crippen molar-refractivity contribution in [1.29, 1.82) is 0 Å². The smallest absolute Gasteiger partial charge is 0.336 e. The van der Waals surface area contributed by atoms with Gasteiger partial charge >= 0.3 is 6.01 Å². The topological polar surface area (TPSA) is 112 Å². The quantitative estimate of drug-likeness (QED) is 0.316. The molecule has 0 atom stereocenters. The molecule has 0 aliphatic carbocycles. The van der Waals surface area contributed by atoms with Crippen molar-refractivity contribution < 1.29 is 14.5 Å². The van der Waals surface area contributed by atoms with E-state index in [0.29, 0.717) is 23.1 Å². The van der Waals surface area contributed by atoms with Gasteiger partial charge in [0.1, 0.15) is 0 Å². The Morgan fingerprint density at radius 2 is 1.84 bits per heavy atom. The molecule has 0 aliphatic heterocycles. The van der Waals surface area contributed by atoms with E-state index >= 15 is 0 Å². The number of hydrogen-bond donors (Lipinski definition) is 1. The Morgan fingerprint density at radius 3 is 2.44 bits per heavy atom. The highest BCUT2D eigenvalue weighted by molar-refractivity contribution is 7.13. The highest BCUT2D eigenvalue weighted by Crippen LogP contribution is 2.28. The van der Waals surface area contributed by atoms with E-state index in [4.69, 9.17) is 4.74 Å². The molecular weight excluding hydrogens is 430 g/mol. The van der Waals surface area contributed by atoms with E-state index in [9.17, 15) is 14.9 Å². The lowest BCUT2D eigenvalue weighted by Gasteiger charge is -2.08. The second kappa shape index (κ2) is 8.98. The summed E-state index contributed by atoms with van der Waals surface area (Å²) in [5.41, 5.74) is 1.59. The van der Waals surface area contributed by atoms with Crippen molar-refractivity contribution in [3.05, 3.63) is 81.7 Å². The summed E-state index contributed by atoms with van der Waals surface area (Å²) in [7, 11) is 0. The SMILES string of the molecule is CC(C)Oc1nc(-c2cccs2)n(-c2ccc(NC(=O)c3ccc([N+](=O)[O-])cc3)cc2)n1. The third kappa shape index (κ3) is 4.65. The van der Waals surface area contributed by atoms with Crippen LogP contribution >= 0.6 is 11.3 Å². The Kier molecular flexibility index (Phi) is 5.95. The summed E-state index contributed by atoms with van der Waals surface area (Å²) in [6.07, 6.45) is -0.0564. The van der Waals surface area contributed by atoms with Crippen molar-refractivity contribution in [3.8, 4) is 22.4 Å². The van der Waals surface area contributed by atoms with Crippen LogP contribution in [-0.2, 0) is 0 Å². The molecule has 9 nitrogen and oxygen atoms in total. The Morgan fingerprint density at radius 1 is 1.12 bits per heavy atom. The standard InChI is InChI=1S/C22H19N5O4S/c1-14(2)31-22-24-20(19-4-3-13-32-19)26(25-22)17-11-7-16(8-12-17)23-21(28)15-5-9-18(10-6-15)27(29)30/h3-14H,1-2H3,(H,23,28). The molecule has 4 aromatic rings. The summed E-state index contributed by atoms with van der Waals surface area (Å²) in [4.78, 5) is 28.2. The molecule has 1 N–H and O–H groups in total. The number of nitro groups is 1. The van der Waals surface area contributed by atoms with Gasteiger partial charge in [-0.2, -0.15) is 4.98 Å². The summed E-state index contributed by atoms with van der Waals surface area (Å²) in [6.45, 7) is 3.82. The molecule has 32 heavy (non-hydrogen) atoms. The number of aromatic nitrogens is 3. The van der Waals surface area contributed by atoms with Crippen LogP contribution in [0.2, 0.25) is 0 Å². The van der Waals surface area contributed by atoms with Crippen LogP contribution in [0, 0.1) is 10.1 Å². The predicted molar refractivity (Wildman–Crippen MR) is 121 cm³/mol. The zero-order valence-electron chi connectivity index (χ0n) is 17.3. The number of carbonyl (C=O) groups is 1. The fourth-order valence-corrected chi connectivity index (χ4v) is 3.62. The van der Waals surface area contributed by atoms with Crippen LogP contribution in [0.15, 0.2) is 66.0 Å². The molecule has 1 amide bonds. The Hall–Kier alpha value is -4.05. The number of hydrogen-bond acceptors (Lipinski definition) is 7. The maximum atomic E-state index is 12.4. The van der Waals surface area contributed by atoms with Gasteiger partial charge in [-0.25, -0.2) is 4.68 Å². The van der Waals surface area contributed by atoms with Gasteiger partial charge in [0.05, 0.1) is 21.6 Å². The minimum atomic E-state index is -0.507. The van der Waals surface area contributed by atoms with Gasteiger partial charge in [0.25, 0.3) is 11.6 Å².